The van der Waals surface area contributed by atoms with Crippen LogP contribution in [-0.4, -0.2) is 40.0 Å². The molecule has 0 aliphatic rings. The van der Waals surface area contributed by atoms with Crippen molar-refractivity contribution in [2.45, 2.75) is 25.8 Å². The maximum absolute atomic E-state index is 5.39. The third kappa shape index (κ3) is 8.23. The van der Waals surface area contributed by atoms with Gasteiger partial charge in [-0.15, -0.1) is 6.58 Å². The average Bonchev–Trinajstić information content (AvgIpc) is 2.15. The van der Waals surface area contributed by atoms with E-state index in [0.29, 0.717) is 19.3 Å². The van der Waals surface area contributed by atoms with E-state index < -0.39 is 0 Å². The summed E-state index contributed by atoms with van der Waals surface area (Å²) in [4.78, 5) is 0. The summed E-state index contributed by atoms with van der Waals surface area (Å²) in [6.45, 7) is 8.08. The lowest BCUT2D eigenvalue weighted by Gasteiger charge is -2.15. The highest BCUT2D eigenvalue weighted by Crippen LogP contribution is 2.05. The van der Waals surface area contributed by atoms with Crippen LogP contribution in [0.5, 0.6) is 0 Å². The van der Waals surface area contributed by atoms with Gasteiger partial charge in [-0.25, -0.2) is 0 Å². The molecule has 0 spiro atoms. The summed E-state index contributed by atoms with van der Waals surface area (Å²) in [5.41, 5.74) is 1.21. The number of methoxy groups -OCH3 is 1. The van der Waals surface area contributed by atoms with E-state index in [2.05, 4.69) is 18.8 Å². The maximum atomic E-state index is 5.39. The van der Waals surface area contributed by atoms with E-state index in [9.17, 15) is 0 Å². The summed E-state index contributed by atoms with van der Waals surface area (Å²) in [6, 6.07) is 0.482. The summed E-state index contributed by atoms with van der Waals surface area (Å²) in [7, 11) is 3.66. The number of hydrogen-bond acceptors (Lipinski definition) is 3. The first-order valence-corrected chi connectivity index (χ1v) is 5.09. The van der Waals surface area contributed by atoms with Crippen LogP contribution in [0.4, 0.5) is 0 Å². The fraction of sp³-hybridized carbons (Fsp3) is 0.818. The van der Waals surface area contributed by atoms with Crippen LogP contribution in [0.1, 0.15) is 19.8 Å². The second-order valence-corrected chi connectivity index (χ2v) is 3.54. The zero-order valence-corrected chi connectivity index (χ0v) is 9.64. The molecule has 0 aliphatic carbocycles. The summed E-state index contributed by atoms with van der Waals surface area (Å²) >= 11 is 0. The molecule has 1 N–H and O–H groups in total. The normalized spacial score (nSPS) is 12.8. The fourth-order valence-electron chi connectivity index (χ4n) is 1.24. The number of hydrogen-bond donors (Lipinski definition) is 1. The molecule has 0 aliphatic heterocycles. The molecule has 84 valence electrons. The van der Waals surface area contributed by atoms with E-state index in [1.54, 1.807) is 7.11 Å². The van der Waals surface area contributed by atoms with Gasteiger partial charge < -0.3 is 14.8 Å². The molecule has 1 atom stereocenters. The van der Waals surface area contributed by atoms with Gasteiger partial charge in [0.1, 0.15) is 0 Å². The third-order valence-electron chi connectivity index (χ3n) is 2.05. The molecule has 0 aromatic rings. The Morgan fingerprint density at radius 1 is 1.36 bits per heavy atom. The highest BCUT2D eigenvalue weighted by Gasteiger charge is 2.05. The van der Waals surface area contributed by atoms with Crippen molar-refractivity contribution in [3.63, 3.8) is 0 Å². The Labute approximate surface area is 87.5 Å². The van der Waals surface area contributed by atoms with Gasteiger partial charge in [0.25, 0.3) is 0 Å². The molecule has 0 rings (SSSR count). The van der Waals surface area contributed by atoms with E-state index in [1.165, 1.54) is 5.57 Å². The summed E-state index contributed by atoms with van der Waals surface area (Å²) in [5.74, 6) is 0. The van der Waals surface area contributed by atoms with Gasteiger partial charge in [-0.3, -0.25) is 0 Å². The largest absolute Gasteiger partial charge is 0.382 e. The molecular weight excluding hydrogens is 178 g/mol. The van der Waals surface area contributed by atoms with Crippen LogP contribution in [0.25, 0.3) is 0 Å². The minimum atomic E-state index is 0.482. The molecule has 3 heteroatoms. The average molecular weight is 201 g/mol. The Hall–Kier alpha value is -0.380. The van der Waals surface area contributed by atoms with Crippen LogP contribution < -0.4 is 5.32 Å². The van der Waals surface area contributed by atoms with Crippen LogP contribution in [-0.2, 0) is 9.47 Å². The molecule has 0 aromatic carbocycles. The molecule has 3 nitrogen and oxygen atoms in total. The van der Waals surface area contributed by atoms with Crippen molar-refractivity contribution in [1.82, 2.24) is 5.32 Å². The Morgan fingerprint density at radius 3 is 2.57 bits per heavy atom. The molecule has 0 aromatic heterocycles. The lowest BCUT2D eigenvalue weighted by molar-refractivity contribution is 0.0661. The van der Waals surface area contributed by atoms with Crippen LogP contribution in [0, 0.1) is 0 Å². The second kappa shape index (κ2) is 9.19. The van der Waals surface area contributed by atoms with Gasteiger partial charge in [0.15, 0.2) is 0 Å². The summed E-state index contributed by atoms with van der Waals surface area (Å²) in [5, 5.41) is 3.25. The number of ether oxygens (including phenoxy) is 2. The molecule has 0 heterocycles. The maximum Gasteiger partial charge on any atom is 0.0700 e. The molecule has 0 fully saturated rings. The van der Waals surface area contributed by atoms with Gasteiger partial charge in [-0.1, -0.05) is 5.57 Å². The SMILES string of the molecule is C=C(C)CC(CCOCCOC)NC. The summed E-state index contributed by atoms with van der Waals surface area (Å²) < 4.78 is 10.3. The molecule has 14 heavy (non-hydrogen) atoms. The monoisotopic (exact) mass is 201 g/mol. The fourth-order valence-corrected chi connectivity index (χ4v) is 1.24. The van der Waals surface area contributed by atoms with E-state index in [-0.39, 0.29) is 0 Å². The van der Waals surface area contributed by atoms with Gasteiger partial charge in [-0.2, -0.15) is 0 Å². The third-order valence-corrected chi connectivity index (χ3v) is 2.05. The molecule has 0 bridgehead atoms. The number of rotatable bonds is 9. The topological polar surface area (TPSA) is 30.5 Å². The Bertz CT molecular complexity index is 148. The first-order chi connectivity index (χ1) is 6.70. The lowest BCUT2D eigenvalue weighted by atomic mass is 10.1. The zero-order chi connectivity index (χ0) is 10.8. The minimum absolute atomic E-state index is 0.482. The van der Waals surface area contributed by atoms with Crippen LogP contribution in [0.2, 0.25) is 0 Å². The lowest BCUT2D eigenvalue weighted by Crippen LogP contribution is -2.27. The van der Waals surface area contributed by atoms with Crippen molar-refractivity contribution in [1.29, 1.82) is 0 Å². The van der Waals surface area contributed by atoms with Crippen molar-refractivity contribution in [3.8, 4) is 0 Å². The van der Waals surface area contributed by atoms with Crippen molar-refractivity contribution in [3.05, 3.63) is 12.2 Å². The molecule has 0 radical (unpaired) electrons. The predicted octanol–water partition coefficient (Wildman–Crippen LogP) is 1.59. The molecular formula is C11H23NO2. The molecule has 0 amide bonds. The summed E-state index contributed by atoms with van der Waals surface area (Å²) in [6.07, 6.45) is 2.04. The van der Waals surface area contributed by atoms with Gasteiger partial charge in [0.2, 0.25) is 0 Å². The van der Waals surface area contributed by atoms with Crippen molar-refractivity contribution >= 4 is 0 Å². The number of nitrogens with one attached hydrogen (secondary N) is 1. The van der Waals surface area contributed by atoms with E-state index >= 15 is 0 Å². The Morgan fingerprint density at radius 2 is 2.07 bits per heavy atom. The minimum Gasteiger partial charge on any atom is -0.382 e. The standard InChI is InChI=1S/C11H23NO2/c1-10(2)9-11(12-3)5-6-14-8-7-13-4/h11-12H,1,5-9H2,2-4H3. The highest BCUT2D eigenvalue weighted by molar-refractivity contribution is 4.92. The van der Waals surface area contributed by atoms with Crippen molar-refractivity contribution in [2.24, 2.45) is 0 Å². The van der Waals surface area contributed by atoms with Gasteiger partial charge in [0, 0.05) is 19.8 Å². The first-order valence-electron chi connectivity index (χ1n) is 5.09. The molecule has 0 saturated heterocycles. The second-order valence-electron chi connectivity index (χ2n) is 3.54. The predicted molar refractivity (Wildman–Crippen MR) is 59.6 cm³/mol. The van der Waals surface area contributed by atoms with E-state index in [1.807, 2.05) is 7.05 Å². The Balaban J connectivity index is 3.38. The van der Waals surface area contributed by atoms with Crippen molar-refractivity contribution < 1.29 is 9.47 Å². The first kappa shape index (κ1) is 13.6. The van der Waals surface area contributed by atoms with Crippen LogP contribution in [0.15, 0.2) is 12.2 Å². The smallest absolute Gasteiger partial charge is 0.0700 e. The van der Waals surface area contributed by atoms with Crippen molar-refractivity contribution in [2.75, 3.05) is 34.0 Å². The molecule has 1 unspecified atom stereocenters. The van der Waals surface area contributed by atoms with E-state index in [4.69, 9.17) is 9.47 Å². The van der Waals surface area contributed by atoms with Gasteiger partial charge in [0.05, 0.1) is 13.2 Å². The van der Waals surface area contributed by atoms with Gasteiger partial charge in [-0.05, 0) is 26.8 Å². The van der Waals surface area contributed by atoms with Crippen LogP contribution >= 0.6 is 0 Å². The zero-order valence-electron chi connectivity index (χ0n) is 9.64. The van der Waals surface area contributed by atoms with E-state index in [0.717, 1.165) is 19.4 Å². The molecule has 0 saturated carbocycles. The quantitative estimate of drug-likeness (QED) is 0.454. The highest BCUT2D eigenvalue weighted by atomic mass is 16.5. The van der Waals surface area contributed by atoms with Gasteiger partial charge >= 0.3 is 0 Å². The van der Waals surface area contributed by atoms with Crippen LogP contribution in [0.3, 0.4) is 0 Å². The Kier molecular flexibility index (Phi) is 8.94.